The second kappa shape index (κ2) is 7.70. The van der Waals surface area contributed by atoms with Crippen LogP contribution in [0.25, 0.3) is 0 Å². The van der Waals surface area contributed by atoms with Crippen molar-refractivity contribution in [3.8, 4) is 0 Å². The molecule has 5 nitrogen and oxygen atoms in total. The first kappa shape index (κ1) is 21.2. The van der Waals surface area contributed by atoms with E-state index in [4.69, 9.17) is 0 Å². The van der Waals surface area contributed by atoms with E-state index in [-0.39, 0.29) is 16.7 Å². The van der Waals surface area contributed by atoms with Crippen molar-refractivity contribution in [2.45, 2.75) is 37.9 Å². The summed E-state index contributed by atoms with van der Waals surface area (Å²) in [5.74, 6) is -0.0932. The van der Waals surface area contributed by atoms with Gasteiger partial charge in [0.05, 0.1) is 10.5 Å². The van der Waals surface area contributed by atoms with Crippen LogP contribution < -0.4 is 4.72 Å². The molecule has 0 saturated heterocycles. The van der Waals surface area contributed by atoms with Gasteiger partial charge >= 0.3 is 6.18 Å². The Morgan fingerprint density at radius 2 is 1.72 bits per heavy atom. The van der Waals surface area contributed by atoms with Gasteiger partial charge in [0.25, 0.3) is 10.0 Å². The summed E-state index contributed by atoms with van der Waals surface area (Å²) in [6.07, 6.45) is -3.85. The van der Waals surface area contributed by atoms with Crippen molar-refractivity contribution in [1.29, 1.82) is 0 Å². The lowest BCUT2D eigenvalue weighted by Crippen LogP contribution is -2.38. The number of carbonyl (C=O) groups excluding carboxylic acids is 1. The molecule has 1 aliphatic heterocycles. The quantitative estimate of drug-likeness (QED) is 0.802. The van der Waals surface area contributed by atoms with E-state index in [1.54, 1.807) is 23.1 Å². The average molecular weight is 426 g/mol. The van der Waals surface area contributed by atoms with Gasteiger partial charge in [0.15, 0.2) is 0 Å². The summed E-state index contributed by atoms with van der Waals surface area (Å²) < 4.78 is 65.5. The Hall–Kier alpha value is -2.55. The van der Waals surface area contributed by atoms with E-state index in [0.29, 0.717) is 25.2 Å². The maximum atomic E-state index is 12.7. The lowest BCUT2D eigenvalue weighted by molar-refractivity contribution is -0.137. The van der Waals surface area contributed by atoms with Gasteiger partial charge in [-0.3, -0.25) is 9.52 Å². The molecule has 2 aromatic rings. The Bertz CT molecular complexity index is 1020. The molecule has 1 aliphatic rings. The number of hydrogen-bond acceptors (Lipinski definition) is 3. The number of alkyl halides is 3. The molecule has 9 heteroatoms. The molecular weight excluding hydrogens is 405 g/mol. The zero-order valence-electron chi connectivity index (χ0n) is 16.0. The number of amides is 1. The Labute approximate surface area is 167 Å². The zero-order chi connectivity index (χ0) is 21.4. The summed E-state index contributed by atoms with van der Waals surface area (Å²) in [5.41, 5.74) is 1.26. The van der Waals surface area contributed by atoms with Crippen molar-refractivity contribution >= 4 is 21.6 Å². The van der Waals surface area contributed by atoms with Gasteiger partial charge < -0.3 is 4.90 Å². The van der Waals surface area contributed by atoms with Crippen molar-refractivity contribution in [2.24, 2.45) is 5.92 Å². The summed E-state index contributed by atoms with van der Waals surface area (Å²) in [6, 6.07) is 8.39. The molecule has 1 heterocycles. The Kier molecular flexibility index (Phi) is 5.62. The summed E-state index contributed by atoms with van der Waals surface area (Å²) in [7, 11) is -4.04. The van der Waals surface area contributed by atoms with Gasteiger partial charge in [-0.1, -0.05) is 19.9 Å². The van der Waals surface area contributed by atoms with Crippen LogP contribution in [-0.2, 0) is 34.0 Å². The van der Waals surface area contributed by atoms with Crippen LogP contribution in [0.4, 0.5) is 18.9 Å². The lowest BCUT2D eigenvalue weighted by atomic mass is 9.98. The highest BCUT2D eigenvalue weighted by Gasteiger charge is 2.30. The van der Waals surface area contributed by atoms with Crippen molar-refractivity contribution in [3.05, 3.63) is 59.2 Å². The number of hydrogen-bond donors (Lipinski definition) is 1. The summed E-state index contributed by atoms with van der Waals surface area (Å²) in [6.45, 7) is 4.65. The monoisotopic (exact) mass is 426 g/mol. The second-order valence-corrected chi connectivity index (χ2v) is 8.96. The molecule has 3 rings (SSSR count). The minimum atomic E-state index is -4.53. The molecule has 0 radical (unpaired) electrons. The second-order valence-electron chi connectivity index (χ2n) is 7.28. The Morgan fingerprint density at radius 3 is 2.31 bits per heavy atom. The molecule has 0 bridgehead atoms. The number of anilines is 1. The van der Waals surface area contributed by atoms with E-state index in [9.17, 15) is 26.4 Å². The highest BCUT2D eigenvalue weighted by Crippen LogP contribution is 2.30. The Morgan fingerprint density at radius 1 is 1.07 bits per heavy atom. The third-order valence-corrected chi connectivity index (χ3v) is 6.17. The zero-order valence-corrected chi connectivity index (χ0v) is 16.8. The highest BCUT2D eigenvalue weighted by molar-refractivity contribution is 7.92. The summed E-state index contributed by atoms with van der Waals surface area (Å²) >= 11 is 0. The summed E-state index contributed by atoms with van der Waals surface area (Å²) in [5, 5.41) is 0. The van der Waals surface area contributed by atoms with E-state index in [1.807, 2.05) is 13.8 Å². The normalized spacial score (nSPS) is 14.6. The van der Waals surface area contributed by atoms with Crippen molar-refractivity contribution < 1.29 is 26.4 Å². The van der Waals surface area contributed by atoms with Gasteiger partial charge in [-0.05, 0) is 53.9 Å². The van der Waals surface area contributed by atoms with E-state index in [0.717, 1.165) is 35.4 Å². The first-order valence-electron chi connectivity index (χ1n) is 9.08. The van der Waals surface area contributed by atoms with E-state index >= 15 is 0 Å². The highest BCUT2D eigenvalue weighted by atomic mass is 32.2. The average Bonchev–Trinajstić information content (AvgIpc) is 2.66. The number of fused-ring (bicyclic) bond motifs is 1. The number of sulfonamides is 1. The van der Waals surface area contributed by atoms with E-state index < -0.39 is 21.8 Å². The van der Waals surface area contributed by atoms with Crippen LogP contribution in [0.2, 0.25) is 0 Å². The van der Waals surface area contributed by atoms with Crippen molar-refractivity contribution in [3.63, 3.8) is 0 Å². The summed E-state index contributed by atoms with van der Waals surface area (Å²) in [4.78, 5) is 13.7. The number of nitrogens with zero attached hydrogens (tertiary/aromatic N) is 1. The fourth-order valence-electron chi connectivity index (χ4n) is 3.21. The molecule has 0 fully saturated rings. The fourth-order valence-corrected chi connectivity index (χ4v) is 4.26. The molecule has 0 spiro atoms. The lowest BCUT2D eigenvalue weighted by Gasteiger charge is -2.30. The molecule has 2 aromatic carbocycles. The molecule has 0 aliphatic carbocycles. The molecule has 0 atom stereocenters. The molecular formula is C20H21F3N2O3S. The number of benzene rings is 2. The van der Waals surface area contributed by atoms with Gasteiger partial charge in [-0.25, -0.2) is 8.42 Å². The first-order valence-corrected chi connectivity index (χ1v) is 10.6. The smallest absolute Gasteiger partial charge is 0.338 e. The van der Waals surface area contributed by atoms with Crippen molar-refractivity contribution in [1.82, 2.24) is 4.90 Å². The van der Waals surface area contributed by atoms with Crippen LogP contribution in [0.1, 0.15) is 30.5 Å². The standard InChI is InChI=1S/C20H21F3N2O3S/c1-13(2)19(26)25-10-9-14-3-6-17(11-15(14)12-25)24-29(27,28)18-7-4-16(5-8-18)20(21,22)23/h3-8,11,13,24H,9-10,12H2,1-2H3. The van der Waals surface area contributed by atoms with Crippen LogP contribution in [0, 0.1) is 5.92 Å². The molecule has 29 heavy (non-hydrogen) atoms. The van der Waals surface area contributed by atoms with Crippen LogP contribution in [0.3, 0.4) is 0 Å². The van der Waals surface area contributed by atoms with Crippen molar-refractivity contribution in [2.75, 3.05) is 11.3 Å². The molecule has 0 unspecified atom stereocenters. The maximum absolute atomic E-state index is 12.7. The minimum Gasteiger partial charge on any atom is -0.338 e. The molecule has 1 N–H and O–H groups in total. The Balaban J connectivity index is 1.80. The van der Waals surface area contributed by atoms with E-state index in [2.05, 4.69) is 4.72 Å². The van der Waals surface area contributed by atoms with Crippen LogP contribution >= 0.6 is 0 Å². The number of halogens is 3. The number of carbonyl (C=O) groups is 1. The fraction of sp³-hybridized carbons (Fsp3) is 0.350. The van der Waals surface area contributed by atoms with Gasteiger partial charge in [-0.2, -0.15) is 13.2 Å². The number of nitrogens with one attached hydrogen (secondary N) is 1. The first-order chi connectivity index (χ1) is 13.5. The van der Waals surface area contributed by atoms with Gasteiger partial charge in [0, 0.05) is 24.7 Å². The molecule has 1 amide bonds. The third kappa shape index (κ3) is 4.72. The minimum absolute atomic E-state index is 0.0337. The largest absolute Gasteiger partial charge is 0.416 e. The topological polar surface area (TPSA) is 66.5 Å². The van der Waals surface area contributed by atoms with Gasteiger partial charge in [0.1, 0.15) is 0 Å². The number of rotatable bonds is 4. The maximum Gasteiger partial charge on any atom is 0.416 e. The molecule has 156 valence electrons. The van der Waals surface area contributed by atoms with Crippen LogP contribution in [0.15, 0.2) is 47.4 Å². The van der Waals surface area contributed by atoms with Gasteiger partial charge in [0.2, 0.25) is 5.91 Å². The van der Waals surface area contributed by atoms with Crippen LogP contribution in [-0.4, -0.2) is 25.8 Å². The predicted molar refractivity (Wildman–Crippen MR) is 103 cm³/mol. The van der Waals surface area contributed by atoms with Gasteiger partial charge in [-0.15, -0.1) is 0 Å². The molecule has 0 aromatic heterocycles. The predicted octanol–water partition coefficient (Wildman–Crippen LogP) is 4.05. The van der Waals surface area contributed by atoms with E-state index in [1.165, 1.54) is 0 Å². The molecule has 0 saturated carbocycles. The SMILES string of the molecule is CC(C)C(=O)N1CCc2ccc(NS(=O)(=O)c3ccc(C(F)(F)F)cc3)cc2C1. The van der Waals surface area contributed by atoms with Crippen LogP contribution in [0.5, 0.6) is 0 Å². The third-order valence-electron chi connectivity index (χ3n) is 4.77.